The third-order valence-electron chi connectivity index (χ3n) is 5.77. The van der Waals surface area contributed by atoms with E-state index < -0.39 is 6.04 Å². The maximum atomic E-state index is 13.7. The molecule has 1 aromatic heterocycles. The van der Waals surface area contributed by atoms with Crippen molar-refractivity contribution in [3.05, 3.63) is 101 Å². The van der Waals surface area contributed by atoms with Crippen LogP contribution in [0.2, 0.25) is 0 Å². The van der Waals surface area contributed by atoms with Gasteiger partial charge in [0.2, 0.25) is 5.91 Å². The fraction of sp³-hybridized carbons (Fsp3) is 0.286. The van der Waals surface area contributed by atoms with E-state index in [4.69, 9.17) is 4.98 Å². The van der Waals surface area contributed by atoms with E-state index in [9.17, 15) is 9.18 Å². The number of nitrogens with one attached hydrogen (secondary N) is 1. The molecule has 0 aliphatic rings. The molecule has 0 saturated carbocycles. The van der Waals surface area contributed by atoms with Gasteiger partial charge in [0.25, 0.3) is 0 Å². The number of fused-ring (bicyclic) bond motifs is 1. The van der Waals surface area contributed by atoms with Crippen LogP contribution in [0.4, 0.5) is 4.39 Å². The highest BCUT2D eigenvalue weighted by molar-refractivity contribution is 5.88. The summed E-state index contributed by atoms with van der Waals surface area (Å²) in [6, 6.07) is 19.8. The Hall–Kier alpha value is -3.47. The van der Waals surface area contributed by atoms with E-state index >= 15 is 0 Å². The summed E-state index contributed by atoms with van der Waals surface area (Å²) in [5.74, 6) is 0.399. The van der Waals surface area contributed by atoms with Crippen molar-refractivity contribution in [2.75, 3.05) is 0 Å². The van der Waals surface area contributed by atoms with Gasteiger partial charge in [0, 0.05) is 12.0 Å². The van der Waals surface area contributed by atoms with Gasteiger partial charge in [-0.15, -0.1) is 0 Å². The molecule has 0 fully saturated rings. The van der Waals surface area contributed by atoms with Crippen LogP contribution in [0, 0.1) is 19.7 Å². The van der Waals surface area contributed by atoms with E-state index in [1.165, 1.54) is 12.1 Å². The van der Waals surface area contributed by atoms with Gasteiger partial charge in [0.1, 0.15) is 17.7 Å². The lowest BCUT2D eigenvalue weighted by Gasteiger charge is -2.27. The Morgan fingerprint density at radius 3 is 2.27 bits per heavy atom. The average molecular weight is 444 g/mol. The Kier molecular flexibility index (Phi) is 6.07. The molecule has 0 bridgehead atoms. The summed E-state index contributed by atoms with van der Waals surface area (Å²) in [4.78, 5) is 18.6. The standard InChI is InChI=1S/C28H30FN3O/c1-18-15-23-24(16-19(18)2)32(25(30-23)17-20-11-13-22(29)14-12-20)26(21-9-7-6-8-10-21)27(33)31-28(3,4)5/h6-16,26H,17H2,1-5H3,(H,31,33)/t26-/m1/s1. The van der Waals surface area contributed by atoms with E-state index in [2.05, 4.69) is 31.3 Å². The molecule has 4 aromatic rings. The summed E-state index contributed by atoms with van der Waals surface area (Å²) < 4.78 is 15.5. The molecule has 1 heterocycles. The largest absolute Gasteiger partial charge is 0.349 e. The lowest BCUT2D eigenvalue weighted by Crippen LogP contribution is -2.45. The van der Waals surface area contributed by atoms with Crippen LogP contribution in [0.3, 0.4) is 0 Å². The lowest BCUT2D eigenvalue weighted by atomic mass is 10.0. The molecule has 5 heteroatoms. The Balaban J connectivity index is 1.94. The highest BCUT2D eigenvalue weighted by Crippen LogP contribution is 2.30. The van der Waals surface area contributed by atoms with Crippen LogP contribution < -0.4 is 5.32 Å². The van der Waals surface area contributed by atoms with Crippen LogP contribution in [0.1, 0.15) is 54.9 Å². The summed E-state index contributed by atoms with van der Waals surface area (Å²) in [5.41, 5.74) is 5.48. The molecule has 0 saturated heterocycles. The van der Waals surface area contributed by atoms with Crippen molar-refractivity contribution in [3.8, 4) is 0 Å². The maximum absolute atomic E-state index is 13.7. The van der Waals surface area contributed by atoms with Crippen molar-refractivity contribution in [2.45, 2.75) is 52.6 Å². The molecule has 170 valence electrons. The van der Waals surface area contributed by atoms with Gasteiger partial charge in [0.05, 0.1) is 11.0 Å². The van der Waals surface area contributed by atoms with Gasteiger partial charge >= 0.3 is 0 Å². The monoisotopic (exact) mass is 443 g/mol. The third-order valence-corrected chi connectivity index (χ3v) is 5.77. The van der Waals surface area contributed by atoms with Crippen LogP contribution in [0.25, 0.3) is 11.0 Å². The van der Waals surface area contributed by atoms with Gasteiger partial charge in [-0.1, -0.05) is 42.5 Å². The predicted molar refractivity (Wildman–Crippen MR) is 131 cm³/mol. The normalized spacial score (nSPS) is 12.7. The van der Waals surface area contributed by atoms with Crippen molar-refractivity contribution in [2.24, 2.45) is 0 Å². The van der Waals surface area contributed by atoms with E-state index in [1.807, 2.05) is 55.7 Å². The number of carbonyl (C=O) groups is 1. The maximum Gasteiger partial charge on any atom is 0.248 e. The van der Waals surface area contributed by atoms with Gasteiger partial charge in [-0.3, -0.25) is 4.79 Å². The highest BCUT2D eigenvalue weighted by Gasteiger charge is 2.30. The second kappa shape index (κ2) is 8.81. The minimum absolute atomic E-state index is 0.0911. The minimum atomic E-state index is -0.590. The first kappa shape index (κ1) is 22.7. The summed E-state index contributed by atoms with van der Waals surface area (Å²) in [6.45, 7) is 10.1. The van der Waals surface area contributed by atoms with Gasteiger partial charge in [0.15, 0.2) is 0 Å². The molecule has 33 heavy (non-hydrogen) atoms. The minimum Gasteiger partial charge on any atom is -0.349 e. The van der Waals surface area contributed by atoms with Gasteiger partial charge < -0.3 is 9.88 Å². The Morgan fingerprint density at radius 1 is 1.00 bits per heavy atom. The molecule has 1 atom stereocenters. The summed E-state index contributed by atoms with van der Waals surface area (Å²) >= 11 is 0. The predicted octanol–water partition coefficient (Wildman–Crippen LogP) is 5.89. The summed E-state index contributed by atoms with van der Waals surface area (Å²) in [6.07, 6.45) is 0.485. The van der Waals surface area contributed by atoms with E-state index in [0.717, 1.165) is 39.1 Å². The smallest absolute Gasteiger partial charge is 0.248 e. The molecule has 0 radical (unpaired) electrons. The number of aromatic nitrogens is 2. The molecular formula is C28H30FN3O. The van der Waals surface area contributed by atoms with E-state index in [0.29, 0.717) is 6.42 Å². The molecule has 4 rings (SSSR count). The van der Waals surface area contributed by atoms with Crippen LogP contribution in [0.5, 0.6) is 0 Å². The number of carbonyl (C=O) groups excluding carboxylic acids is 1. The second-order valence-corrected chi connectivity index (χ2v) is 9.68. The zero-order valence-electron chi connectivity index (χ0n) is 19.8. The van der Waals surface area contributed by atoms with Crippen LogP contribution in [-0.4, -0.2) is 21.0 Å². The molecule has 0 unspecified atom stereocenters. The summed E-state index contributed by atoms with van der Waals surface area (Å²) in [7, 11) is 0. The average Bonchev–Trinajstić information content (AvgIpc) is 3.06. The lowest BCUT2D eigenvalue weighted by molar-refractivity contribution is -0.124. The molecule has 0 aliphatic heterocycles. The van der Waals surface area contributed by atoms with Crippen molar-refractivity contribution < 1.29 is 9.18 Å². The van der Waals surface area contributed by atoms with Crippen LogP contribution in [0.15, 0.2) is 66.7 Å². The topological polar surface area (TPSA) is 46.9 Å². The molecule has 0 aliphatic carbocycles. The fourth-order valence-corrected chi connectivity index (χ4v) is 4.09. The first-order valence-corrected chi connectivity index (χ1v) is 11.2. The van der Waals surface area contributed by atoms with Gasteiger partial charge in [-0.05, 0) is 81.1 Å². The Bertz CT molecular complexity index is 1280. The van der Waals surface area contributed by atoms with E-state index in [1.54, 1.807) is 12.1 Å². The SMILES string of the molecule is Cc1cc2nc(Cc3ccc(F)cc3)n([C@@H](C(=O)NC(C)(C)C)c3ccccc3)c2cc1C. The van der Waals surface area contributed by atoms with Crippen molar-refractivity contribution in [1.82, 2.24) is 14.9 Å². The quantitative estimate of drug-likeness (QED) is 0.418. The molecule has 4 nitrogen and oxygen atoms in total. The van der Waals surface area contributed by atoms with Crippen molar-refractivity contribution >= 4 is 16.9 Å². The first-order valence-electron chi connectivity index (χ1n) is 11.2. The summed E-state index contributed by atoms with van der Waals surface area (Å²) in [5, 5.41) is 3.16. The molecule has 1 N–H and O–H groups in total. The van der Waals surface area contributed by atoms with Crippen molar-refractivity contribution in [3.63, 3.8) is 0 Å². The number of halogens is 1. The third kappa shape index (κ3) is 4.98. The fourth-order valence-electron chi connectivity index (χ4n) is 4.09. The first-order chi connectivity index (χ1) is 15.6. The van der Waals surface area contributed by atoms with Crippen molar-refractivity contribution in [1.29, 1.82) is 0 Å². The highest BCUT2D eigenvalue weighted by atomic mass is 19.1. The van der Waals surface area contributed by atoms with Crippen LogP contribution >= 0.6 is 0 Å². The zero-order chi connectivity index (χ0) is 23.8. The molecule has 3 aromatic carbocycles. The van der Waals surface area contributed by atoms with Gasteiger partial charge in [-0.2, -0.15) is 0 Å². The van der Waals surface area contributed by atoms with E-state index in [-0.39, 0.29) is 17.3 Å². The van der Waals surface area contributed by atoms with Gasteiger partial charge in [-0.25, -0.2) is 9.37 Å². The number of hydrogen-bond acceptors (Lipinski definition) is 2. The Morgan fingerprint density at radius 2 is 1.64 bits per heavy atom. The number of nitrogens with zero attached hydrogens (tertiary/aromatic N) is 2. The number of hydrogen-bond donors (Lipinski definition) is 1. The number of aryl methyl sites for hydroxylation is 2. The second-order valence-electron chi connectivity index (χ2n) is 9.68. The molecular weight excluding hydrogens is 413 g/mol. The molecule has 1 amide bonds. The Labute approximate surface area is 194 Å². The number of benzene rings is 3. The number of rotatable bonds is 5. The zero-order valence-corrected chi connectivity index (χ0v) is 19.8. The number of amides is 1. The number of imidazole rings is 1. The molecule has 0 spiro atoms. The van der Waals surface area contributed by atoms with Crippen LogP contribution in [-0.2, 0) is 11.2 Å².